The maximum Gasteiger partial charge on any atom is 0.328 e. The monoisotopic (exact) mass is 272 g/mol. The summed E-state index contributed by atoms with van der Waals surface area (Å²) in [5, 5.41) is 18.8. The summed E-state index contributed by atoms with van der Waals surface area (Å²) in [5.41, 5.74) is 1.34. The van der Waals surface area contributed by atoms with Crippen LogP contribution < -0.4 is 5.32 Å². The molecular formula is C13H12N4O3. The minimum atomic E-state index is -1.17. The molecule has 2 aromatic rings. The zero-order valence-corrected chi connectivity index (χ0v) is 10.6. The van der Waals surface area contributed by atoms with Crippen LogP contribution >= 0.6 is 0 Å². The minimum Gasteiger partial charge on any atom is -0.478 e. The second-order valence-corrected chi connectivity index (χ2v) is 4.01. The number of nitrogens with zero attached hydrogens (tertiary/aromatic N) is 3. The van der Waals surface area contributed by atoms with E-state index in [1.165, 1.54) is 0 Å². The first-order valence-corrected chi connectivity index (χ1v) is 5.72. The van der Waals surface area contributed by atoms with Gasteiger partial charge in [-0.1, -0.05) is 12.1 Å². The van der Waals surface area contributed by atoms with Crippen LogP contribution in [0.4, 0.5) is 5.69 Å². The lowest BCUT2D eigenvalue weighted by Crippen LogP contribution is -2.08. The highest BCUT2D eigenvalue weighted by molar-refractivity contribution is 6.02. The summed E-state index contributed by atoms with van der Waals surface area (Å²) in [5.74, 6) is -1.02. The van der Waals surface area contributed by atoms with E-state index in [1.54, 1.807) is 29.1 Å². The molecule has 1 aromatic carbocycles. The van der Waals surface area contributed by atoms with Crippen molar-refractivity contribution < 1.29 is 14.7 Å². The van der Waals surface area contributed by atoms with Gasteiger partial charge in [0, 0.05) is 30.5 Å². The summed E-state index contributed by atoms with van der Waals surface area (Å²) >= 11 is 0. The Kier molecular flexibility index (Phi) is 3.90. The summed E-state index contributed by atoms with van der Waals surface area (Å²) in [6, 6.07) is 7.04. The van der Waals surface area contributed by atoms with Crippen LogP contribution in [0.2, 0.25) is 0 Å². The zero-order chi connectivity index (χ0) is 14.5. The number of hydrogen-bond donors (Lipinski definition) is 2. The molecule has 1 amide bonds. The summed E-state index contributed by atoms with van der Waals surface area (Å²) in [7, 11) is 1.82. The first-order chi connectivity index (χ1) is 9.56. The van der Waals surface area contributed by atoms with Gasteiger partial charge >= 0.3 is 5.97 Å². The molecule has 1 heterocycles. The van der Waals surface area contributed by atoms with E-state index in [4.69, 9.17) is 5.11 Å². The van der Waals surface area contributed by atoms with Gasteiger partial charge in [-0.25, -0.2) is 4.79 Å². The van der Waals surface area contributed by atoms with Crippen molar-refractivity contribution in [1.29, 1.82) is 0 Å². The second-order valence-electron chi connectivity index (χ2n) is 4.01. The molecule has 0 unspecified atom stereocenters. The van der Waals surface area contributed by atoms with Crippen molar-refractivity contribution in [1.82, 2.24) is 14.8 Å². The molecule has 2 N–H and O–H groups in total. The molecule has 7 nitrogen and oxygen atoms in total. The van der Waals surface area contributed by atoms with Crippen LogP contribution in [0.1, 0.15) is 0 Å². The van der Waals surface area contributed by atoms with Gasteiger partial charge in [-0.05, 0) is 12.1 Å². The molecule has 0 saturated heterocycles. The summed E-state index contributed by atoms with van der Waals surface area (Å²) in [6.45, 7) is 0. The molecule has 0 bridgehead atoms. The Balaban J connectivity index is 2.17. The standard InChI is InChI=1S/C13H12N4O3/c1-17-8-14-16-13(17)9-3-2-4-10(7-9)15-11(18)5-6-12(19)20/h2-8H,1H3,(H,15,18)(H,19,20)/b6-5+. The Bertz CT molecular complexity index is 676. The lowest BCUT2D eigenvalue weighted by atomic mass is 10.2. The van der Waals surface area contributed by atoms with Crippen LogP contribution in [-0.4, -0.2) is 31.7 Å². The summed E-state index contributed by atoms with van der Waals surface area (Å²) in [6.07, 6.45) is 3.31. The lowest BCUT2D eigenvalue weighted by Gasteiger charge is -2.05. The number of carboxylic acids is 1. The molecule has 0 spiro atoms. The van der Waals surface area contributed by atoms with Crippen molar-refractivity contribution >= 4 is 17.6 Å². The molecule has 0 aliphatic carbocycles. The van der Waals surface area contributed by atoms with E-state index in [-0.39, 0.29) is 0 Å². The van der Waals surface area contributed by atoms with E-state index >= 15 is 0 Å². The number of rotatable bonds is 4. The molecule has 0 aliphatic heterocycles. The van der Waals surface area contributed by atoms with E-state index in [0.717, 1.165) is 17.7 Å². The van der Waals surface area contributed by atoms with Gasteiger partial charge in [-0.15, -0.1) is 10.2 Å². The number of carboxylic acid groups (broad SMARTS) is 1. The third-order valence-corrected chi connectivity index (χ3v) is 2.48. The Morgan fingerprint density at radius 2 is 2.15 bits per heavy atom. The van der Waals surface area contributed by atoms with Crippen molar-refractivity contribution in [3.8, 4) is 11.4 Å². The topological polar surface area (TPSA) is 97.1 Å². The fourth-order valence-corrected chi connectivity index (χ4v) is 1.61. The van der Waals surface area contributed by atoms with E-state index in [2.05, 4.69) is 15.5 Å². The van der Waals surface area contributed by atoms with Gasteiger partial charge in [0.1, 0.15) is 6.33 Å². The fraction of sp³-hybridized carbons (Fsp3) is 0.0769. The molecule has 2 rings (SSSR count). The van der Waals surface area contributed by atoms with Crippen molar-refractivity contribution in [3.63, 3.8) is 0 Å². The first-order valence-electron chi connectivity index (χ1n) is 5.72. The second kappa shape index (κ2) is 5.79. The van der Waals surface area contributed by atoms with Crippen LogP contribution in [0.5, 0.6) is 0 Å². The highest BCUT2D eigenvalue weighted by Crippen LogP contribution is 2.19. The number of carbonyl (C=O) groups excluding carboxylic acids is 1. The smallest absolute Gasteiger partial charge is 0.328 e. The van der Waals surface area contributed by atoms with Crippen LogP contribution in [0.25, 0.3) is 11.4 Å². The van der Waals surface area contributed by atoms with Crippen molar-refractivity contribution in [3.05, 3.63) is 42.7 Å². The first kappa shape index (κ1) is 13.5. The highest BCUT2D eigenvalue weighted by Gasteiger charge is 2.06. The van der Waals surface area contributed by atoms with Crippen LogP contribution in [-0.2, 0) is 16.6 Å². The number of aliphatic carboxylic acids is 1. The predicted molar refractivity (Wildman–Crippen MR) is 71.8 cm³/mol. The Morgan fingerprint density at radius 1 is 1.35 bits per heavy atom. The number of nitrogens with one attached hydrogen (secondary N) is 1. The van der Waals surface area contributed by atoms with E-state index in [0.29, 0.717) is 11.5 Å². The van der Waals surface area contributed by atoms with Gasteiger partial charge in [-0.2, -0.15) is 0 Å². The SMILES string of the molecule is Cn1cnnc1-c1cccc(NC(=O)/C=C/C(=O)O)c1. The Hall–Kier alpha value is -2.96. The van der Waals surface area contributed by atoms with Crippen molar-refractivity contribution in [2.75, 3.05) is 5.32 Å². The van der Waals surface area contributed by atoms with Crippen LogP contribution in [0.3, 0.4) is 0 Å². The summed E-state index contributed by atoms with van der Waals surface area (Å²) in [4.78, 5) is 21.8. The molecule has 0 radical (unpaired) electrons. The Morgan fingerprint density at radius 3 is 2.80 bits per heavy atom. The average molecular weight is 272 g/mol. The molecule has 102 valence electrons. The maximum atomic E-state index is 11.5. The number of amides is 1. The van der Waals surface area contributed by atoms with Gasteiger partial charge in [0.2, 0.25) is 5.91 Å². The van der Waals surface area contributed by atoms with Crippen LogP contribution in [0, 0.1) is 0 Å². The van der Waals surface area contributed by atoms with E-state index in [9.17, 15) is 9.59 Å². The molecule has 0 atom stereocenters. The van der Waals surface area contributed by atoms with E-state index in [1.807, 2.05) is 13.1 Å². The molecule has 7 heteroatoms. The predicted octanol–water partition coefficient (Wildman–Crippen LogP) is 1.06. The van der Waals surface area contributed by atoms with Gasteiger partial charge in [0.15, 0.2) is 5.82 Å². The zero-order valence-electron chi connectivity index (χ0n) is 10.6. The average Bonchev–Trinajstić information content (AvgIpc) is 2.83. The molecule has 0 saturated carbocycles. The number of hydrogen-bond acceptors (Lipinski definition) is 4. The van der Waals surface area contributed by atoms with Crippen LogP contribution in [0.15, 0.2) is 42.7 Å². The van der Waals surface area contributed by atoms with E-state index < -0.39 is 11.9 Å². The maximum absolute atomic E-state index is 11.5. The minimum absolute atomic E-state index is 0.512. The third kappa shape index (κ3) is 3.29. The number of carbonyl (C=O) groups is 2. The van der Waals surface area contributed by atoms with Gasteiger partial charge < -0.3 is 15.0 Å². The number of aryl methyl sites for hydroxylation is 1. The Labute approximate surface area is 114 Å². The molecule has 0 aliphatic rings. The van der Waals surface area contributed by atoms with Gasteiger partial charge in [0.25, 0.3) is 0 Å². The molecule has 1 aromatic heterocycles. The third-order valence-electron chi connectivity index (χ3n) is 2.48. The number of aromatic nitrogens is 3. The molecular weight excluding hydrogens is 260 g/mol. The fourth-order valence-electron chi connectivity index (χ4n) is 1.61. The van der Waals surface area contributed by atoms with Gasteiger partial charge in [0.05, 0.1) is 0 Å². The number of anilines is 1. The largest absolute Gasteiger partial charge is 0.478 e. The quantitative estimate of drug-likeness (QED) is 0.811. The van der Waals surface area contributed by atoms with Gasteiger partial charge in [-0.3, -0.25) is 4.79 Å². The summed E-state index contributed by atoms with van der Waals surface area (Å²) < 4.78 is 1.76. The van der Waals surface area contributed by atoms with Crippen molar-refractivity contribution in [2.24, 2.45) is 7.05 Å². The normalized spacial score (nSPS) is 10.7. The lowest BCUT2D eigenvalue weighted by molar-refractivity contribution is -0.131. The molecule has 0 fully saturated rings. The van der Waals surface area contributed by atoms with Crippen molar-refractivity contribution in [2.45, 2.75) is 0 Å². The highest BCUT2D eigenvalue weighted by atomic mass is 16.4. The number of benzene rings is 1. The molecule has 20 heavy (non-hydrogen) atoms.